The van der Waals surface area contributed by atoms with Crippen molar-refractivity contribution < 1.29 is 19.8 Å². The largest absolute Gasteiger partial charge is 0.393 e. The molecule has 6 fully saturated rings. The van der Waals surface area contributed by atoms with E-state index >= 15 is 0 Å². The molecule has 8 aliphatic rings. The number of fused-ring (bicyclic) bond motifs is 12. The highest BCUT2D eigenvalue weighted by atomic mass is 16.3. The van der Waals surface area contributed by atoms with E-state index in [1.54, 1.807) is 12.2 Å². The Labute approximate surface area is 286 Å². The molecule has 0 unspecified atom stereocenters. The molecule has 0 saturated heterocycles. The number of carbonyl (C=O) groups excluding carboxylic acids is 2. The number of hydrogen-bond donors (Lipinski definition) is 2. The van der Waals surface area contributed by atoms with Gasteiger partial charge in [-0.1, -0.05) is 38.8 Å². The van der Waals surface area contributed by atoms with Crippen LogP contribution in [0.1, 0.15) is 115 Å². The molecule has 0 aliphatic heterocycles. The number of rotatable bonds is 2. The zero-order valence-electron chi connectivity index (χ0n) is 29.6. The van der Waals surface area contributed by atoms with Gasteiger partial charge in [0, 0.05) is 0 Å². The molecule has 1 aromatic rings. The fourth-order valence-corrected chi connectivity index (χ4v) is 15.3. The number of aromatic nitrogens is 2. The lowest BCUT2D eigenvalue weighted by molar-refractivity contribution is -0.150. The van der Waals surface area contributed by atoms with E-state index < -0.39 is 0 Å². The maximum absolute atomic E-state index is 11.9. The minimum atomic E-state index is -0.353. The molecule has 9 rings (SSSR count). The predicted octanol–water partition coefficient (Wildman–Crippen LogP) is 6.58. The van der Waals surface area contributed by atoms with Gasteiger partial charge in [-0.25, -0.2) is 0 Å². The van der Waals surface area contributed by atoms with Gasteiger partial charge in [-0.05, 0) is 171 Å². The lowest BCUT2D eigenvalue weighted by atomic mass is 9.44. The van der Waals surface area contributed by atoms with Crippen molar-refractivity contribution in [3.63, 3.8) is 0 Å². The van der Waals surface area contributed by atoms with E-state index in [0.29, 0.717) is 35.5 Å². The second-order valence-electron chi connectivity index (χ2n) is 19.0. The van der Waals surface area contributed by atoms with Crippen LogP contribution in [-0.2, 0) is 35.3 Å². The van der Waals surface area contributed by atoms with E-state index in [2.05, 4.69) is 27.7 Å². The maximum atomic E-state index is 11.9. The Morgan fingerprint density at radius 1 is 0.604 bits per heavy atom. The lowest BCUT2D eigenvalue weighted by Gasteiger charge is -2.62. The summed E-state index contributed by atoms with van der Waals surface area (Å²) >= 11 is 0. The second-order valence-corrected chi connectivity index (χ2v) is 19.0. The van der Waals surface area contributed by atoms with Crippen molar-refractivity contribution in [2.45, 2.75) is 130 Å². The third kappa shape index (κ3) is 4.11. The molecular formula is C42H56N2O4. The van der Waals surface area contributed by atoms with Crippen LogP contribution in [0.5, 0.6) is 0 Å². The number of aliphatic hydroxyl groups is 2. The summed E-state index contributed by atoms with van der Waals surface area (Å²) in [6.45, 7) is 9.58. The topological polar surface area (TPSA) is 100 Å². The Kier molecular flexibility index (Phi) is 7.06. The minimum absolute atomic E-state index is 0.00916. The van der Waals surface area contributed by atoms with E-state index in [-0.39, 0.29) is 45.7 Å². The van der Waals surface area contributed by atoms with E-state index in [9.17, 15) is 19.8 Å². The van der Waals surface area contributed by atoms with E-state index in [1.165, 1.54) is 46.8 Å². The van der Waals surface area contributed by atoms with Gasteiger partial charge in [0.25, 0.3) is 0 Å². The molecular weight excluding hydrogens is 596 g/mol. The summed E-state index contributed by atoms with van der Waals surface area (Å²) in [5.74, 6) is 3.62. The predicted molar refractivity (Wildman–Crippen MR) is 184 cm³/mol. The van der Waals surface area contributed by atoms with Crippen LogP contribution in [0, 0.1) is 69.0 Å². The van der Waals surface area contributed by atoms with Crippen molar-refractivity contribution in [3.05, 3.63) is 46.1 Å². The van der Waals surface area contributed by atoms with Crippen molar-refractivity contribution in [2.75, 3.05) is 0 Å². The monoisotopic (exact) mass is 652 g/mol. The third-order valence-corrected chi connectivity index (χ3v) is 17.4. The quantitative estimate of drug-likeness (QED) is 0.277. The minimum Gasteiger partial charge on any atom is -0.393 e. The van der Waals surface area contributed by atoms with Crippen molar-refractivity contribution in [1.82, 2.24) is 9.97 Å². The first-order chi connectivity index (χ1) is 22.9. The third-order valence-electron chi connectivity index (χ3n) is 17.4. The number of nitrogens with zero attached hydrogens (tertiary/aromatic N) is 2. The van der Waals surface area contributed by atoms with Crippen LogP contribution in [0.4, 0.5) is 0 Å². The number of aliphatic hydroxyl groups excluding tert-OH is 2. The van der Waals surface area contributed by atoms with Crippen molar-refractivity contribution in [3.8, 4) is 0 Å². The fourth-order valence-electron chi connectivity index (χ4n) is 15.3. The Bertz CT molecular complexity index is 1500. The highest BCUT2D eigenvalue weighted by Crippen LogP contribution is 2.68. The first-order valence-electron chi connectivity index (χ1n) is 19.5. The Balaban J connectivity index is 1.01. The summed E-state index contributed by atoms with van der Waals surface area (Å²) in [5.41, 5.74) is 7.21. The average Bonchev–Trinajstić information content (AvgIpc) is 3.53. The summed E-state index contributed by atoms with van der Waals surface area (Å²) in [7, 11) is 0. The van der Waals surface area contributed by atoms with Gasteiger partial charge in [0.2, 0.25) is 0 Å². The number of allylic oxidation sites excluding steroid dienone is 4. The summed E-state index contributed by atoms with van der Waals surface area (Å²) in [5, 5.41) is 23.9. The highest BCUT2D eigenvalue weighted by molar-refractivity contribution is 5.67. The molecule has 48 heavy (non-hydrogen) atoms. The molecule has 6 nitrogen and oxygen atoms in total. The Morgan fingerprint density at radius 2 is 1.02 bits per heavy atom. The summed E-state index contributed by atoms with van der Waals surface area (Å²) in [4.78, 5) is 34.0. The molecule has 0 amide bonds. The second kappa shape index (κ2) is 10.7. The molecule has 1 heterocycles. The van der Waals surface area contributed by atoms with Crippen molar-refractivity contribution in [1.29, 1.82) is 0 Å². The molecule has 6 saturated carbocycles. The number of carbonyl (C=O) groups is 2. The van der Waals surface area contributed by atoms with Gasteiger partial charge in [0.1, 0.15) is 12.6 Å². The van der Waals surface area contributed by atoms with Gasteiger partial charge in [-0.15, -0.1) is 0 Å². The molecule has 0 spiro atoms. The molecule has 258 valence electrons. The standard InChI is InChI=1S/C42H56N2O4/c1-39-21-35(47)37-27(29(39)11-7-23(39)13-15-45)9-5-25-17-31-33(19-41(25,37)3)43-32-18-26-6-10-28-30-12-8-24(14-16-46)40(30,2)22-36(48)38(28)42(26,4)20-34(32)44-31/h13-16,25-30,35-38,47-48H,5-12,17-22H2,1-4H3/b23-13+,24-14+/t25-,26-,27-,28-,29-,30-,35-,36-,37+,38+,39+,40+,41-,42-/m0/s1. The smallest absolute Gasteiger partial charge is 0.142 e. The van der Waals surface area contributed by atoms with Gasteiger partial charge < -0.3 is 10.2 Å². The SMILES string of the molecule is C[C@]12Cc3nc4c(nc3C[C@@H]1CC[C@@H]1[C@@H]2[C@@H](O)C[C@]2(C)/C(=C/C=O)CC[C@@H]12)C[C@@]1(C)[C@@H](CC[C@@H]2[C@@H]1[C@@H](O)C[C@]1(C)/C(=C/C=O)CC[C@@H]21)C4. The van der Waals surface area contributed by atoms with Crippen LogP contribution in [0.3, 0.4) is 0 Å². The average molecular weight is 653 g/mol. The summed E-state index contributed by atoms with van der Waals surface area (Å²) < 4.78 is 0. The van der Waals surface area contributed by atoms with E-state index in [0.717, 1.165) is 89.6 Å². The lowest BCUT2D eigenvalue weighted by Crippen LogP contribution is -2.59. The molecule has 1 aromatic heterocycles. The number of hydrogen-bond acceptors (Lipinski definition) is 6. The first kappa shape index (κ1) is 31.8. The normalized spacial score (nSPS) is 51.8. The van der Waals surface area contributed by atoms with Gasteiger partial charge in [-0.2, -0.15) is 0 Å². The van der Waals surface area contributed by atoms with Crippen molar-refractivity contribution >= 4 is 12.6 Å². The van der Waals surface area contributed by atoms with Crippen LogP contribution in [-0.4, -0.2) is 45.0 Å². The van der Waals surface area contributed by atoms with Crippen LogP contribution >= 0.6 is 0 Å². The number of aldehydes is 2. The first-order valence-corrected chi connectivity index (χ1v) is 19.5. The van der Waals surface area contributed by atoms with Crippen molar-refractivity contribution in [2.24, 2.45) is 69.0 Å². The molecule has 6 heteroatoms. The molecule has 2 N–H and O–H groups in total. The zero-order valence-corrected chi connectivity index (χ0v) is 29.6. The van der Waals surface area contributed by atoms with Crippen LogP contribution in [0.15, 0.2) is 23.3 Å². The highest BCUT2D eigenvalue weighted by Gasteiger charge is 2.64. The van der Waals surface area contributed by atoms with E-state index in [4.69, 9.17) is 9.97 Å². The molecule has 0 radical (unpaired) electrons. The van der Waals surface area contributed by atoms with Gasteiger partial charge >= 0.3 is 0 Å². The fraction of sp³-hybridized carbons (Fsp3) is 0.762. The van der Waals surface area contributed by atoms with Gasteiger partial charge in [0.15, 0.2) is 0 Å². The van der Waals surface area contributed by atoms with Crippen LogP contribution < -0.4 is 0 Å². The summed E-state index contributed by atoms with van der Waals surface area (Å²) in [6, 6.07) is 0. The van der Waals surface area contributed by atoms with Crippen LogP contribution in [0.2, 0.25) is 0 Å². The van der Waals surface area contributed by atoms with Crippen LogP contribution in [0.25, 0.3) is 0 Å². The Hall–Kier alpha value is -2.18. The molecule has 8 aliphatic carbocycles. The maximum Gasteiger partial charge on any atom is 0.142 e. The molecule has 0 bridgehead atoms. The summed E-state index contributed by atoms with van der Waals surface area (Å²) in [6.07, 6.45) is 19.0. The van der Waals surface area contributed by atoms with Gasteiger partial charge in [-0.3, -0.25) is 19.6 Å². The molecule has 0 aromatic carbocycles. The molecule has 14 atom stereocenters. The van der Waals surface area contributed by atoms with Gasteiger partial charge in [0.05, 0.1) is 35.0 Å². The Morgan fingerprint density at radius 3 is 1.42 bits per heavy atom. The zero-order chi connectivity index (χ0) is 33.4. The van der Waals surface area contributed by atoms with E-state index in [1.807, 2.05) is 0 Å².